The first-order valence-corrected chi connectivity index (χ1v) is 11.7. The van der Waals surface area contributed by atoms with Crippen molar-refractivity contribution >= 4 is 67.4 Å². The standard InChI is InChI=1S/C19H17IN4O5S2/c1-11-9-17(23-29-11)24-31(26,27)14-6-4-13(5-7-14)21-19(30)22-18(25)12-3-8-16(28-2)15(20)10-12/h3-10H,1-2H3,(H,23,24)(H2,21,22,25,30). The highest BCUT2D eigenvalue weighted by Crippen LogP contribution is 2.22. The van der Waals surface area contributed by atoms with Gasteiger partial charge in [-0.05, 0) is 84.2 Å². The van der Waals surface area contributed by atoms with Crippen molar-refractivity contribution in [1.82, 2.24) is 10.5 Å². The third-order valence-electron chi connectivity index (χ3n) is 3.93. The number of hydrogen-bond donors (Lipinski definition) is 3. The number of carbonyl (C=O) groups excluding carboxylic acids is 1. The summed E-state index contributed by atoms with van der Waals surface area (Å²) in [6.07, 6.45) is 0. The monoisotopic (exact) mass is 572 g/mol. The Morgan fingerprint density at radius 1 is 1.16 bits per heavy atom. The summed E-state index contributed by atoms with van der Waals surface area (Å²) in [5, 5.41) is 9.10. The van der Waals surface area contributed by atoms with Gasteiger partial charge < -0.3 is 14.6 Å². The number of nitrogens with one attached hydrogen (secondary N) is 3. The van der Waals surface area contributed by atoms with Gasteiger partial charge in [0.05, 0.1) is 15.6 Å². The van der Waals surface area contributed by atoms with E-state index in [2.05, 4.69) is 43.1 Å². The Morgan fingerprint density at radius 3 is 2.45 bits per heavy atom. The predicted octanol–water partition coefficient (Wildman–Crippen LogP) is 3.52. The number of aromatic nitrogens is 1. The lowest BCUT2D eigenvalue weighted by Gasteiger charge is -2.11. The van der Waals surface area contributed by atoms with Crippen LogP contribution in [0.25, 0.3) is 0 Å². The van der Waals surface area contributed by atoms with E-state index in [0.717, 1.165) is 3.57 Å². The molecule has 0 saturated heterocycles. The van der Waals surface area contributed by atoms with Crippen LogP contribution in [-0.4, -0.2) is 31.7 Å². The highest BCUT2D eigenvalue weighted by atomic mass is 127. The predicted molar refractivity (Wildman–Crippen MR) is 128 cm³/mol. The molecule has 162 valence electrons. The summed E-state index contributed by atoms with van der Waals surface area (Å²) < 4.78 is 38.0. The summed E-state index contributed by atoms with van der Waals surface area (Å²) in [6.45, 7) is 1.66. The van der Waals surface area contributed by atoms with Gasteiger partial charge in [0, 0.05) is 17.3 Å². The molecule has 2 aromatic carbocycles. The zero-order chi connectivity index (χ0) is 22.6. The number of benzene rings is 2. The molecule has 3 rings (SSSR count). The summed E-state index contributed by atoms with van der Waals surface area (Å²) in [5.41, 5.74) is 0.927. The molecule has 12 heteroatoms. The molecule has 0 aliphatic carbocycles. The molecule has 31 heavy (non-hydrogen) atoms. The molecule has 0 radical (unpaired) electrons. The molecule has 3 N–H and O–H groups in total. The first-order chi connectivity index (χ1) is 14.7. The second-order valence-electron chi connectivity index (χ2n) is 6.21. The Labute approximate surface area is 197 Å². The van der Waals surface area contributed by atoms with E-state index in [-0.39, 0.29) is 21.7 Å². The fraction of sp³-hybridized carbons (Fsp3) is 0.105. The Hall–Kier alpha value is -2.71. The van der Waals surface area contributed by atoms with Gasteiger partial charge in [-0.25, -0.2) is 8.42 Å². The number of ether oxygens (including phenoxy) is 1. The van der Waals surface area contributed by atoms with Crippen LogP contribution in [0, 0.1) is 10.5 Å². The van der Waals surface area contributed by atoms with Crippen molar-refractivity contribution in [2.45, 2.75) is 11.8 Å². The van der Waals surface area contributed by atoms with E-state index in [1.54, 1.807) is 32.2 Å². The maximum Gasteiger partial charge on any atom is 0.263 e. The topological polar surface area (TPSA) is 123 Å². The van der Waals surface area contributed by atoms with Crippen molar-refractivity contribution in [2.75, 3.05) is 17.1 Å². The van der Waals surface area contributed by atoms with Gasteiger partial charge in [-0.15, -0.1) is 0 Å². The number of halogens is 1. The van der Waals surface area contributed by atoms with Crippen LogP contribution in [0.2, 0.25) is 0 Å². The summed E-state index contributed by atoms with van der Waals surface area (Å²) in [5.74, 6) is 0.861. The van der Waals surface area contributed by atoms with Crippen molar-refractivity contribution in [2.24, 2.45) is 0 Å². The van der Waals surface area contributed by atoms with E-state index in [0.29, 0.717) is 22.8 Å². The fourth-order valence-electron chi connectivity index (χ4n) is 2.47. The quantitative estimate of drug-likeness (QED) is 0.303. The normalized spacial score (nSPS) is 10.9. The zero-order valence-electron chi connectivity index (χ0n) is 16.3. The number of hydrogen-bond acceptors (Lipinski definition) is 7. The van der Waals surface area contributed by atoms with Gasteiger partial charge in [0.1, 0.15) is 11.5 Å². The second-order valence-corrected chi connectivity index (χ2v) is 9.46. The molecule has 0 fully saturated rings. The Kier molecular flexibility index (Phi) is 7.12. The van der Waals surface area contributed by atoms with Gasteiger partial charge in [-0.3, -0.25) is 14.8 Å². The van der Waals surface area contributed by atoms with E-state index in [9.17, 15) is 13.2 Å². The molecule has 1 aromatic heterocycles. The number of nitrogens with zero attached hydrogens (tertiary/aromatic N) is 1. The van der Waals surface area contributed by atoms with Crippen LogP contribution in [0.5, 0.6) is 5.75 Å². The molecular formula is C19H17IN4O5S2. The van der Waals surface area contributed by atoms with Gasteiger partial charge in [-0.1, -0.05) is 5.16 Å². The lowest BCUT2D eigenvalue weighted by Crippen LogP contribution is -2.34. The van der Waals surface area contributed by atoms with Crippen molar-refractivity contribution in [3.63, 3.8) is 0 Å². The summed E-state index contributed by atoms with van der Waals surface area (Å²) in [4.78, 5) is 12.4. The molecule has 0 saturated carbocycles. The average Bonchev–Trinajstić information content (AvgIpc) is 3.12. The van der Waals surface area contributed by atoms with Crippen LogP contribution in [0.1, 0.15) is 16.1 Å². The first-order valence-electron chi connectivity index (χ1n) is 8.70. The van der Waals surface area contributed by atoms with Gasteiger partial charge >= 0.3 is 0 Å². The van der Waals surface area contributed by atoms with Crippen molar-refractivity contribution in [3.05, 3.63) is 63.4 Å². The number of amides is 1. The van der Waals surface area contributed by atoms with Gasteiger partial charge in [-0.2, -0.15) is 0 Å². The minimum atomic E-state index is -3.82. The molecule has 1 amide bonds. The van der Waals surface area contributed by atoms with Crippen LogP contribution in [0.4, 0.5) is 11.5 Å². The SMILES string of the molecule is COc1ccc(C(=O)NC(=S)Nc2ccc(S(=O)(=O)Nc3cc(C)on3)cc2)cc1I. The third kappa shape index (κ3) is 5.92. The highest BCUT2D eigenvalue weighted by molar-refractivity contribution is 14.1. The van der Waals surface area contributed by atoms with Crippen molar-refractivity contribution in [3.8, 4) is 5.75 Å². The van der Waals surface area contributed by atoms with E-state index in [4.69, 9.17) is 21.5 Å². The number of methoxy groups -OCH3 is 1. The number of carbonyl (C=O) groups is 1. The maximum atomic E-state index is 12.4. The first kappa shape index (κ1) is 23.0. The number of anilines is 2. The van der Waals surface area contributed by atoms with Gasteiger partial charge in [0.15, 0.2) is 10.9 Å². The molecule has 0 bridgehead atoms. The molecule has 0 spiro atoms. The summed E-state index contributed by atoms with van der Waals surface area (Å²) in [7, 11) is -2.27. The Bertz CT molecular complexity index is 1230. The largest absolute Gasteiger partial charge is 0.496 e. The van der Waals surface area contributed by atoms with Crippen molar-refractivity contribution < 1.29 is 22.5 Å². The highest BCUT2D eigenvalue weighted by Gasteiger charge is 2.16. The van der Waals surface area contributed by atoms with Crippen LogP contribution >= 0.6 is 34.8 Å². The Balaban J connectivity index is 1.62. The molecule has 1 heterocycles. The van der Waals surface area contributed by atoms with E-state index >= 15 is 0 Å². The second kappa shape index (κ2) is 9.62. The lowest BCUT2D eigenvalue weighted by molar-refractivity contribution is 0.0977. The molecular weight excluding hydrogens is 555 g/mol. The molecule has 9 nitrogen and oxygen atoms in total. The zero-order valence-corrected chi connectivity index (χ0v) is 20.1. The van der Waals surface area contributed by atoms with Crippen molar-refractivity contribution in [1.29, 1.82) is 0 Å². The minimum absolute atomic E-state index is 0.0291. The van der Waals surface area contributed by atoms with Crippen LogP contribution in [0.3, 0.4) is 0 Å². The number of thiocarbonyl (C=S) groups is 1. The smallest absolute Gasteiger partial charge is 0.263 e. The van der Waals surface area contributed by atoms with E-state index in [1.807, 2.05) is 0 Å². The third-order valence-corrected chi connectivity index (χ3v) is 6.35. The molecule has 0 aliphatic rings. The minimum Gasteiger partial charge on any atom is -0.496 e. The lowest BCUT2D eigenvalue weighted by atomic mass is 10.2. The van der Waals surface area contributed by atoms with Gasteiger partial charge in [0.25, 0.3) is 15.9 Å². The average molecular weight is 572 g/mol. The number of rotatable bonds is 6. The van der Waals surface area contributed by atoms with Crippen LogP contribution in [-0.2, 0) is 10.0 Å². The number of aryl methyl sites for hydroxylation is 1. The summed E-state index contributed by atoms with van der Waals surface area (Å²) >= 11 is 7.24. The number of sulfonamides is 1. The fourth-order valence-corrected chi connectivity index (χ4v) is 4.40. The maximum absolute atomic E-state index is 12.4. The van der Waals surface area contributed by atoms with Crippen LogP contribution < -0.4 is 20.1 Å². The molecule has 3 aromatic rings. The van der Waals surface area contributed by atoms with Gasteiger partial charge in [0.2, 0.25) is 0 Å². The molecule has 0 aliphatic heterocycles. The molecule has 0 unspecified atom stereocenters. The summed E-state index contributed by atoms with van der Waals surface area (Å²) in [6, 6.07) is 12.3. The molecule has 0 atom stereocenters. The van der Waals surface area contributed by atoms with E-state index < -0.39 is 10.0 Å². The van der Waals surface area contributed by atoms with E-state index in [1.165, 1.54) is 30.3 Å². The van der Waals surface area contributed by atoms with Crippen LogP contribution in [0.15, 0.2) is 57.9 Å². The Morgan fingerprint density at radius 2 is 1.87 bits per heavy atom.